The van der Waals surface area contributed by atoms with Crippen molar-refractivity contribution in [1.82, 2.24) is 9.80 Å². The molecule has 4 nitrogen and oxygen atoms in total. The monoisotopic (exact) mass is 342 g/mol. The Kier molecular flexibility index (Phi) is 6.14. The molecule has 2 aliphatic rings. The molecular weight excluding hydrogens is 312 g/mol. The van der Waals surface area contributed by atoms with Crippen LogP contribution in [0.15, 0.2) is 24.3 Å². The van der Waals surface area contributed by atoms with Gasteiger partial charge in [-0.15, -0.1) is 0 Å². The van der Waals surface area contributed by atoms with Gasteiger partial charge in [-0.2, -0.15) is 0 Å². The Morgan fingerprint density at radius 1 is 1.20 bits per heavy atom. The van der Waals surface area contributed by atoms with Crippen LogP contribution in [0.5, 0.6) is 0 Å². The predicted octanol–water partition coefficient (Wildman–Crippen LogP) is 1.70. The molecule has 1 aromatic rings. The second-order valence-electron chi connectivity index (χ2n) is 7.69. The number of rotatable bonds is 3. The van der Waals surface area contributed by atoms with E-state index in [1.165, 1.54) is 5.56 Å². The fourth-order valence-electron chi connectivity index (χ4n) is 4.34. The van der Waals surface area contributed by atoms with Crippen LogP contribution >= 0.6 is 0 Å². The summed E-state index contributed by atoms with van der Waals surface area (Å²) in [4.78, 5) is 4.87. The first-order chi connectivity index (χ1) is 12.1. The zero-order chi connectivity index (χ0) is 17.7. The van der Waals surface area contributed by atoms with Crippen LogP contribution in [-0.2, 0) is 6.54 Å². The first kappa shape index (κ1) is 18.4. The molecule has 2 aliphatic heterocycles. The predicted molar refractivity (Wildman–Crippen MR) is 100 cm³/mol. The summed E-state index contributed by atoms with van der Waals surface area (Å²) in [5.41, 5.74) is 2.33. The molecule has 2 N–H and O–H groups in total. The van der Waals surface area contributed by atoms with Crippen LogP contribution in [0.4, 0.5) is 0 Å². The van der Waals surface area contributed by atoms with Gasteiger partial charge in [0.2, 0.25) is 0 Å². The van der Waals surface area contributed by atoms with Crippen LogP contribution in [0, 0.1) is 17.3 Å². The Balaban J connectivity index is 1.62. The molecule has 2 fully saturated rings. The molecule has 1 spiro atoms. The zero-order valence-electron chi connectivity index (χ0n) is 15.2. The molecule has 0 radical (unpaired) electrons. The van der Waals surface area contributed by atoms with Crippen molar-refractivity contribution in [3.8, 4) is 11.8 Å². The van der Waals surface area contributed by atoms with Gasteiger partial charge in [-0.1, -0.05) is 24.0 Å². The average Bonchev–Trinajstić information content (AvgIpc) is 2.61. The van der Waals surface area contributed by atoms with E-state index in [2.05, 4.69) is 53.0 Å². The molecule has 0 aromatic heterocycles. The molecule has 4 heteroatoms. The van der Waals surface area contributed by atoms with Crippen LogP contribution in [-0.4, -0.2) is 66.0 Å². The van der Waals surface area contributed by atoms with E-state index < -0.39 is 0 Å². The van der Waals surface area contributed by atoms with Crippen LogP contribution < -0.4 is 0 Å². The Labute approximate surface area is 151 Å². The normalized spacial score (nSPS) is 27.9. The van der Waals surface area contributed by atoms with Crippen molar-refractivity contribution >= 4 is 0 Å². The molecule has 25 heavy (non-hydrogen) atoms. The van der Waals surface area contributed by atoms with Gasteiger partial charge in [-0.3, -0.25) is 4.90 Å². The van der Waals surface area contributed by atoms with Crippen LogP contribution in [0.25, 0.3) is 0 Å². The minimum absolute atomic E-state index is 0.0426. The molecule has 0 bridgehead atoms. The molecule has 3 rings (SSSR count). The molecule has 2 heterocycles. The van der Waals surface area contributed by atoms with Gasteiger partial charge < -0.3 is 15.1 Å². The number of hydrogen-bond acceptors (Lipinski definition) is 4. The SMILES string of the molecule is CN1CC[C@H](O)[C@@]2(CCCN(Cc3ccc(C#CCCO)cc3)C2)C1. The summed E-state index contributed by atoms with van der Waals surface area (Å²) in [5.74, 6) is 6.03. The lowest BCUT2D eigenvalue weighted by molar-refractivity contribution is -0.0807. The van der Waals surface area contributed by atoms with Crippen LogP contribution in [0.1, 0.15) is 36.8 Å². The van der Waals surface area contributed by atoms with E-state index in [0.29, 0.717) is 6.42 Å². The summed E-state index contributed by atoms with van der Waals surface area (Å²) in [6, 6.07) is 8.41. The molecule has 1 aromatic carbocycles. The topological polar surface area (TPSA) is 46.9 Å². The largest absolute Gasteiger partial charge is 0.395 e. The van der Waals surface area contributed by atoms with Gasteiger partial charge in [0.1, 0.15) is 0 Å². The quantitative estimate of drug-likeness (QED) is 0.821. The van der Waals surface area contributed by atoms with E-state index in [9.17, 15) is 5.11 Å². The van der Waals surface area contributed by atoms with E-state index in [1.54, 1.807) is 0 Å². The number of hydrogen-bond donors (Lipinski definition) is 2. The van der Waals surface area contributed by atoms with Crippen molar-refractivity contribution in [3.05, 3.63) is 35.4 Å². The highest BCUT2D eigenvalue weighted by atomic mass is 16.3. The maximum atomic E-state index is 10.6. The number of piperidine rings is 2. The fraction of sp³-hybridized carbons (Fsp3) is 0.619. The molecular formula is C21H30N2O2. The summed E-state index contributed by atoms with van der Waals surface area (Å²) in [6.45, 7) is 5.14. The number of aliphatic hydroxyl groups is 2. The number of benzene rings is 1. The van der Waals surface area contributed by atoms with Gasteiger partial charge in [0.25, 0.3) is 0 Å². The van der Waals surface area contributed by atoms with Crippen LogP contribution in [0.3, 0.4) is 0 Å². The number of likely N-dealkylation sites (tertiary alicyclic amines) is 2. The Bertz CT molecular complexity index is 619. The van der Waals surface area contributed by atoms with Crippen molar-refractivity contribution in [2.24, 2.45) is 5.41 Å². The standard InChI is InChI=1S/C21H30N2O2/c1-22-13-10-20(25)21(16-22)11-4-12-23(17-21)15-19-8-6-18(7-9-19)5-2-3-14-24/h6-9,20,24-25H,3-4,10-17H2,1H3/t20-,21-/m0/s1. The minimum Gasteiger partial charge on any atom is -0.395 e. The average molecular weight is 342 g/mol. The number of aliphatic hydroxyl groups excluding tert-OH is 2. The van der Waals surface area contributed by atoms with E-state index in [0.717, 1.165) is 57.5 Å². The molecule has 2 saturated heterocycles. The molecule has 2 atom stereocenters. The van der Waals surface area contributed by atoms with Gasteiger partial charge in [0.15, 0.2) is 0 Å². The molecule has 0 aliphatic carbocycles. The summed E-state index contributed by atoms with van der Waals surface area (Å²) >= 11 is 0. The fourth-order valence-corrected chi connectivity index (χ4v) is 4.34. The Hall–Kier alpha value is -1.38. The van der Waals surface area contributed by atoms with Crippen LogP contribution in [0.2, 0.25) is 0 Å². The maximum absolute atomic E-state index is 10.6. The van der Waals surface area contributed by atoms with Crippen molar-refractivity contribution in [2.75, 3.05) is 39.8 Å². The summed E-state index contributed by atoms with van der Waals surface area (Å²) < 4.78 is 0. The number of nitrogens with zero attached hydrogens (tertiary/aromatic N) is 2. The first-order valence-corrected chi connectivity index (χ1v) is 9.39. The lowest BCUT2D eigenvalue weighted by atomic mass is 9.71. The summed E-state index contributed by atoms with van der Waals surface area (Å²) in [7, 11) is 2.17. The van der Waals surface area contributed by atoms with Gasteiger partial charge in [-0.05, 0) is 50.6 Å². The molecule has 0 saturated carbocycles. The minimum atomic E-state index is -0.171. The van der Waals surface area contributed by atoms with Gasteiger partial charge in [-0.25, -0.2) is 0 Å². The highest BCUT2D eigenvalue weighted by Gasteiger charge is 2.44. The molecule has 0 amide bonds. The summed E-state index contributed by atoms with van der Waals surface area (Å²) in [6.07, 6.45) is 3.54. The van der Waals surface area contributed by atoms with Gasteiger partial charge in [0, 0.05) is 43.6 Å². The van der Waals surface area contributed by atoms with Crippen molar-refractivity contribution in [2.45, 2.75) is 38.3 Å². The van der Waals surface area contributed by atoms with E-state index in [1.807, 2.05) is 0 Å². The van der Waals surface area contributed by atoms with Gasteiger partial charge >= 0.3 is 0 Å². The lowest BCUT2D eigenvalue weighted by Gasteiger charge is -2.50. The van der Waals surface area contributed by atoms with E-state index in [-0.39, 0.29) is 18.1 Å². The van der Waals surface area contributed by atoms with E-state index >= 15 is 0 Å². The smallest absolute Gasteiger partial charge is 0.0633 e. The molecule has 136 valence electrons. The molecule has 0 unspecified atom stereocenters. The first-order valence-electron chi connectivity index (χ1n) is 9.39. The highest BCUT2D eigenvalue weighted by Crippen LogP contribution is 2.38. The van der Waals surface area contributed by atoms with Crippen molar-refractivity contribution in [1.29, 1.82) is 0 Å². The lowest BCUT2D eigenvalue weighted by Crippen LogP contribution is -2.58. The van der Waals surface area contributed by atoms with Crippen molar-refractivity contribution < 1.29 is 10.2 Å². The zero-order valence-corrected chi connectivity index (χ0v) is 15.2. The van der Waals surface area contributed by atoms with Gasteiger partial charge in [0.05, 0.1) is 12.7 Å². The summed E-state index contributed by atoms with van der Waals surface area (Å²) in [5, 5.41) is 19.4. The third-order valence-corrected chi connectivity index (χ3v) is 5.59. The maximum Gasteiger partial charge on any atom is 0.0633 e. The second kappa shape index (κ2) is 8.33. The second-order valence-corrected chi connectivity index (χ2v) is 7.69. The Morgan fingerprint density at radius 2 is 2.00 bits per heavy atom. The third kappa shape index (κ3) is 4.62. The highest BCUT2D eigenvalue weighted by molar-refractivity contribution is 5.36. The van der Waals surface area contributed by atoms with E-state index in [4.69, 9.17) is 5.11 Å². The third-order valence-electron chi connectivity index (χ3n) is 5.59. The Morgan fingerprint density at radius 3 is 2.76 bits per heavy atom. The van der Waals surface area contributed by atoms with Crippen molar-refractivity contribution in [3.63, 3.8) is 0 Å².